The summed E-state index contributed by atoms with van der Waals surface area (Å²) in [6.07, 6.45) is 2.91. The highest BCUT2D eigenvalue weighted by Crippen LogP contribution is 2.40. The number of amides is 2. The summed E-state index contributed by atoms with van der Waals surface area (Å²) in [7, 11) is 1.54. The topological polar surface area (TPSA) is 85.9 Å². The largest absolute Gasteiger partial charge is 0.493 e. The molecule has 1 aliphatic rings. The number of carbonyl (C=O) groups is 2. The first-order chi connectivity index (χ1) is 13.5. The Labute approximate surface area is 163 Å². The summed E-state index contributed by atoms with van der Waals surface area (Å²) in [6, 6.07) is 8.98. The van der Waals surface area contributed by atoms with Crippen LogP contribution in [0.3, 0.4) is 0 Å². The molecular weight excluding hydrogens is 360 g/mol. The third-order valence-electron chi connectivity index (χ3n) is 4.20. The van der Waals surface area contributed by atoms with Gasteiger partial charge in [-0.2, -0.15) is 0 Å². The molecule has 0 aliphatic carbocycles. The Balaban J connectivity index is 1.63. The molecule has 7 heteroatoms. The molecule has 0 unspecified atom stereocenters. The van der Waals surface area contributed by atoms with Crippen LogP contribution in [-0.4, -0.2) is 32.1 Å². The summed E-state index contributed by atoms with van der Waals surface area (Å²) < 4.78 is 16.4. The second-order valence-electron chi connectivity index (χ2n) is 6.34. The van der Waals surface area contributed by atoms with Crippen LogP contribution in [-0.2, 0) is 4.79 Å². The zero-order valence-corrected chi connectivity index (χ0v) is 16.0. The lowest BCUT2D eigenvalue weighted by Gasteiger charge is -2.20. The van der Waals surface area contributed by atoms with Crippen molar-refractivity contribution in [3.63, 3.8) is 0 Å². The average Bonchev–Trinajstić information content (AvgIpc) is 2.69. The average molecular weight is 382 g/mol. The molecule has 0 bridgehead atoms. The van der Waals surface area contributed by atoms with Gasteiger partial charge in [0.15, 0.2) is 11.5 Å². The van der Waals surface area contributed by atoms with Crippen LogP contribution in [0, 0.1) is 13.8 Å². The maximum atomic E-state index is 12.2. The van der Waals surface area contributed by atoms with Crippen LogP contribution in [0.2, 0.25) is 0 Å². The normalized spacial score (nSPS) is 12.5. The SMILES string of the molecule is COc1cc(/C=C/C(=O)NNC(=O)c2ccc(C)cc2C)cc2c1OCCO2. The van der Waals surface area contributed by atoms with Gasteiger partial charge in [-0.25, -0.2) is 0 Å². The summed E-state index contributed by atoms with van der Waals surface area (Å²) in [4.78, 5) is 24.2. The standard InChI is InChI=1S/C21H22N2O5/c1-13-4-6-16(14(2)10-13)21(25)23-22-19(24)7-5-15-11-17(26-3)20-18(12-15)27-8-9-28-20/h4-7,10-12H,8-9H2,1-3H3,(H,22,24)(H,23,25)/b7-5+. The summed E-state index contributed by atoms with van der Waals surface area (Å²) >= 11 is 0. The van der Waals surface area contributed by atoms with Gasteiger partial charge in [0.1, 0.15) is 13.2 Å². The third kappa shape index (κ3) is 4.43. The maximum Gasteiger partial charge on any atom is 0.269 e. The molecule has 0 spiro atoms. The zero-order chi connectivity index (χ0) is 20.1. The van der Waals surface area contributed by atoms with Crippen molar-refractivity contribution in [2.24, 2.45) is 0 Å². The highest BCUT2D eigenvalue weighted by atomic mass is 16.6. The van der Waals surface area contributed by atoms with Crippen molar-refractivity contribution >= 4 is 17.9 Å². The Kier molecular flexibility index (Phi) is 5.84. The minimum Gasteiger partial charge on any atom is -0.493 e. The van der Waals surface area contributed by atoms with E-state index < -0.39 is 5.91 Å². The van der Waals surface area contributed by atoms with Gasteiger partial charge in [-0.1, -0.05) is 17.7 Å². The molecule has 1 aliphatic heterocycles. The predicted molar refractivity (Wildman–Crippen MR) is 105 cm³/mol. The monoisotopic (exact) mass is 382 g/mol. The van der Waals surface area contributed by atoms with Gasteiger partial charge in [-0.05, 0) is 49.2 Å². The van der Waals surface area contributed by atoms with E-state index >= 15 is 0 Å². The van der Waals surface area contributed by atoms with Gasteiger partial charge >= 0.3 is 0 Å². The molecule has 3 rings (SSSR count). The first-order valence-corrected chi connectivity index (χ1v) is 8.81. The number of hydrogen-bond acceptors (Lipinski definition) is 5. The molecule has 0 saturated carbocycles. The molecule has 28 heavy (non-hydrogen) atoms. The maximum absolute atomic E-state index is 12.2. The highest BCUT2D eigenvalue weighted by molar-refractivity contribution is 5.98. The molecule has 2 aromatic carbocycles. The molecule has 0 radical (unpaired) electrons. The molecule has 7 nitrogen and oxygen atoms in total. The van der Waals surface area contributed by atoms with E-state index in [2.05, 4.69) is 10.9 Å². The summed E-state index contributed by atoms with van der Waals surface area (Å²) in [5.74, 6) is 0.803. The fraction of sp³-hybridized carbons (Fsp3) is 0.238. The van der Waals surface area contributed by atoms with E-state index in [0.29, 0.717) is 41.6 Å². The van der Waals surface area contributed by atoms with Crippen LogP contribution in [0.15, 0.2) is 36.4 Å². The van der Waals surface area contributed by atoms with Gasteiger partial charge in [0.25, 0.3) is 11.8 Å². The van der Waals surface area contributed by atoms with E-state index in [4.69, 9.17) is 14.2 Å². The highest BCUT2D eigenvalue weighted by Gasteiger charge is 2.17. The minimum absolute atomic E-state index is 0.375. The Morgan fingerprint density at radius 1 is 1.07 bits per heavy atom. The molecule has 0 fully saturated rings. The first-order valence-electron chi connectivity index (χ1n) is 8.81. The van der Waals surface area contributed by atoms with Crippen LogP contribution in [0.1, 0.15) is 27.0 Å². The van der Waals surface area contributed by atoms with Crippen LogP contribution in [0.5, 0.6) is 17.2 Å². The molecular formula is C21H22N2O5. The Hall–Kier alpha value is -3.48. The van der Waals surface area contributed by atoms with E-state index in [1.165, 1.54) is 13.2 Å². The number of rotatable bonds is 4. The van der Waals surface area contributed by atoms with Gasteiger partial charge in [0.05, 0.1) is 7.11 Å². The number of ether oxygens (including phenoxy) is 3. The third-order valence-corrected chi connectivity index (χ3v) is 4.20. The van der Waals surface area contributed by atoms with Crippen molar-refractivity contribution in [3.8, 4) is 17.2 Å². The van der Waals surface area contributed by atoms with E-state index in [1.807, 2.05) is 26.0 Å². The van der Waals surface area contributed by atoms with Crippen LogP contribution < -0.4 is 25.1 Å². The Morgan fingerprint density at radius 2 is 1.86 bits per heavy atom. The Morgan fingerprint density at radius 3 is 2.61 bits per heavy atom. The molecule has 2 N–H and O–H groups in total. The van der Waals surface area contributed by atoms with Crippen molar-refractivity contribution in [1.29, 1.82) is 0 Å². The number of methoxy groups -OCH3 is 1. The molecule has 0 saturated heterocycles. The molecule has 2 amide bonds. The fourth-order valence-electron chi connectivity index (χ4n) is 2.86. The first kappa shape index (κ1) is 19.3. The lowest BCUT2D eigenvalue weighted by atomic mass is 10.1. The predicted octanol–water partition coefficient (Wildman–Crippen LogP) is 2.56. The van der Waals surface area contributed by atoms with Gasteiger partial charge in [-0.3, -0.25) is 20.4 Å². The van der Waals surface area contributed by atoms with Crippen molar-refractivity contribution in [2.45, 2.75) is 13.8 Å². The van der Waals surface area contributed by atoms with Crippen LogP contribution in [0.4, 0.5) is 0 Å². The second kappa shape index (κ2) is 8.47. The number of fused-ring (bicyclic) bond motifs is 1. The lowest BCUT2D eigenvalue weighted by Crippen LogP contribution is -2.41. The molecule has 0 aromatic heterocycles. The van der Waals surface area contributed by atoms with Crippen molar-refractivity contribution in [3.05, 3.63) is 58.7 Å². The smallest absolute Gasteiger partial charge is 0.269 e. The van der Waals surface area contributed by atoms with E-state index in [1.54, 1.807) is 24.3 Å². The number of hydrazine groups is 1. The number of nitrogens with one attached hydrogen (secondary N) is 2. The summed E-state index contributed by atoms with van der Waals surface area (Å²) in [5.41, 5.74) is 7.90. The molecule has 2 aromatic rings. The Bertz CT molecular complexity index is 919. The van der Waals surface area contributed by atoms with Crippen molar-refractivity contribution < 1.29 is 23.8 Å². The van der Waals surface area contributed by atoms with Gasteiger partial charge in [0, 0.05) is 11.6 Å². The number of benzene rings is 2. The zero-order valence-electron chi connectivity index (χ0n) is 16.0. The lowest BCUT2D eigenvalue weighted by molar-refractivity contribution is -0.117. The van der Waals surface area contributed by atoms with E-state index in [9.17, 15) is 9.59 Å². The van der Waals surface area contributed by atoms with Gasteiger partial charge < -0.3 is 14.2 Å². The number of carbonyl (C=O) groups excluding carboxylic acids is 2. The van der Waals surface area contributed by atoms with Gasteiger partial charge in [-0.15, -0.1) is 0 Å². The minimum atomic E-state index is -0.466. The summed E-state index contributed by atoms with van der Waals surface area (Å²) in [5, 5.41) is 0. The van der Waals surface area contributed by atoms with Crippen molar-refractivity contribution in [2.75, 3.05) is 20.3 Å². The van der Waals surface area contributed by atoms with Crippen LogP contribution in [0.25, 0.3) is 6.08 Å². The molecule has 1 heterocycles. The quantitative estimate of drug-likeness (QED) is 0.627. The van der Waals surface area contributed by atoms with E-state index in [0.717, 1.165) is 11.1 Å². The van der Waals surface area contributed by atoms with E-state index in [-0.39, 0.29) is 5.91 Å². The van der Waals surface area contributed by atoms with Gasteiger partial charge in [0.2, 0.25) is 5.75 Å². The molecule has 0 atom stereocenters. The second-order valence-corrected chi connectivity index (χ2v) is 6.34. The number of aryl methyl sites for hydroxylation is 2. The molecule has 146 valence electrons. The van der Waals surface area contributed by atoms with Crippen molar-refractivity contribution in [1.82, 2.24) is 10.9 Å². The fourth-order valence-corrected chi connectivity index (χ4v) is 2.86. The summed E-state index contributed by atoms with van der Waals surface area (Å²) in [6.45, 7) is 4.71. The number of hydrogen-bond donors (Lipinski definition) is 2. The van der Waals surface area contributed by atoms with Crippen LogP contribution >= 0.6 is 0 Å².